The summed E-state index contributed by atoms with van der Waals surface area (Å²) in [6.45, 7) is 0. The Morgan fingerprint density at radius 3 is 2.83 bits per heavy atom. The number of nitrogens with one attached hydrogen (secondary N) is 1. The van der Waals surface area contributed by atoms with Gasteiger partial charge in [0.1, 0.15) is 10.8 Å². The van der Waals surface area contributed by atoms with E-state index in [9.17, 15) is 9.18 Å². The van der Waals surface area contributed by atoms with E-state index < -0.39 is 0 Å². The summed E-state index contributed by atoms with van der Waals surface area (Å²) in [5, 5.41) is 3.78. The predicted octanol–water partition coefficient (Wildman–Crippen LogP) is 4.72. The maximum absolute atomic E-state index is 13.4. The van der Waals surface area contributed by atoms with Crippen LogP contribution in [0.5, 0.6) is 0 Å². The Labute approximate surface area is 147 Å². The number of hydrogen-bond donors (Lipinski definition) is 1. The number of nitrogens with zero attached hydrogens (tertiary/aromatic N) is 1. The molecule has 1 amide bonds. The lowest BCUT2D eigenvalue weighted by molar-refractivity contribution is 0.102. The van der Waals surface area contributed by atoms with Crippen LogP contribution in [0.4, 0.5) is 10.1 Å². The van der Waals surface area contributed by atoms with Gasteiger partial charge in [-0.3, -0.25) is 4.79 Å². The van der Waals surface area contributed by atoms with Crippen LogP contribution in [0.2, 0.25) is 0 Å². The molecule has 6 heteroatoms. The van der Waals surface area contributed by atoms with E-state index in [-0.39, 0.29) is 11.7 Å². The van der Waals surface area contributed by atoms with Crippen LogP contribution in [0.3, 0.4) is 0 Å². The van der Waals surface area contributed by atoms with Crippen molar-refractivity contribution in [3.05, 3.63) is 70.6 Å². The van der Waals surface area contributed by atoms with Crippen molar-refractivity contribution in [2.24, 2.45) is 0 Å². The summed E-state index contributed by atoms with van der Waals surface area (Å²) in [5.41, 5.74) is 2.33. The number of rotatable bonds is 3. The van der Waals surface area contributed by atoms with Crippen LogP contribution < -0.4 is 5.32 Å². The number of carbonyl (C=O) groups excluding carboxylic acids is 1. The molecule has 3 heterocycles. The van der Waals surface area contributed by atoms with Crippen LogP contribution in [0, 0.1) is 5.82 Å². The monoisotopic (exact) mass is 358 g/mol. The van der Waals surface area contributed by atoms with Crippen molar-refractivity contribution in [2.45, 2.75) is 12.2 Å². The van der Waals surface area contributed by atoms with Crippen LogP contribution in [-0.4, -0.2) is 16.2 Å². The van der Waals surface area contributed by atoms with Gasteiger partial charge in [0, 0.05) is 28.7 Å². The zero-order valence-corrected chi connectivity index (χ0v) is 14.4. The number of carbonyl (C=O) groups is 1. The second kappa shape index (κ2) is 6.45. The first-order valence-electron chi connectivity index (χ1n) is 7.65. The van der Waals surface area contributed by atoms with Gasteiger partial charge in [-0.25, -0.2) is 4.39 Å². The van der Waals surface area contributed by atoms with E-state index in [0.717, 1.165) is 34.1 Å². The minimum Gasteiger partial charge on any atom is -0.322 e. The molecule has 0 saturated heterocycles. The van der Waals surface area contributed by atoms with E-state index in [4.69, 9.17) is 0 Å². The van der Waals surface area contributed by atoms with Gasteiger partial charge in [0.25, 0.3) is 5.91 Å². The number of anilines is 1. The largest absolute Gasteiger partial charge is 0.322 e. The second-order valence-electron chi connectivity index (χ2n) is 5.54. The second-order valence-corrected chi connectivity index (χ2v) is 7.73. The SMILES string of the molecule is O=C(Nc1cccc(F)c1)c1c(-n2cccc2)sc2c1CCSC2. The lowest BCUT2D eigenvalue weighted by atomic mass is 10.1. The number of halogens is 1. The quantitative estimate of drug-likeness (QED) is 0.735. The molecule has 1 aliphatic heterocycles. The minimum absolute atomic E-state index is 0.172. The van der Waals surface area contributed by atoms with Crippen molar-refractivity contribution in [1.29, 1.82) is 0 Å². The van der Waals surface area contributed by atoms with E-state index in [2.05, 4.69) is 5.32 Å². The van der Waals surface area contributed by atoms with Crippen LogP contribution in [0.25, 0.3) is 5.00 Å². The van der Waals surface area contributed by atoms with Gasteiger partial charge < -0.3 is 9.88 Å². The molecule has 3 aromatic rings. The number of benzene rings is 1. The summed E-state index contributed by atoms with van der Waals surface area (Å²) in [6, 6.07) is 9.89. The maximum Gasteiger partial charge on any atom is 0.258 e. The molecule has 122 valence electrons. The van der Waals surface area contributed by atoms with Crippen molar-refractivity contribution in [2.75, 3.05) is 11.1 Å². The molecule has 1 aromatic carbocycles. The third-order valence-corrected chi connectivity index (χ3v) is 6.36. The van der Waals surface area contributed by atoms with E-state index in [1.165, 1.54) is 17.0 Å². The average Bonchev–Trinajstić information content (AvgIpc) is 3.22. The molecular formula is C18H15FN2OS2. The van der Waals surface area contributed by atoms with Crippen LogP contribution >= 0.6 is 23.1 Å². The fourth-order valence-corrected chi connectivity index (χ4v) is 5.31. The van der Waals surface area contributed by atoms with Gasteiger partial charge >= 0.3 is 0 Å². The zero-order chi connectivity index (χ0) is 16.5. The lowest BCUT2D eigenvalue weighted by Gasteiger charge is -2.13. The van der Waals surface area contributed by atoms with Crippen LogP contribution in [-0.2, 0) is 12.2 Å². The first-order valence-corrected chi connectivity index (χ1v) is 9.62. The molecule has 0 saturated carbocycles. The van der Waals surface area contributed by atoms with Gasteiger partial charge in [0.2, 0.25) is 0 Å². The first kappa shape index (κ1) is 15.5. The molecule has 0 spiro atoms. The highest BCUT2D eigenvalue weighted by molar-refractivity contribution is 7.98. The Morgan fingerprint density at radius 2 is 2.04 bits per heavy atom. The zero-order valence-electron chi connectivity index (χ0n) is 12.8. The number of fused-ring (bicyclic) bond motifs is 1. The lowest BCUT2D eigenvalue weighted by Crippen LogP contribution is -2.16. The molecule has 0 fully saturated rings. The number of thiophene rings is 1. The number of aromatic nitrogens is 1. The molecule has 1 N–H and O–H groups in total. The third kappa shape index (κ3) is 2.87. The normalized spacial score (nSPS) is 13.5. The van der Waals surface area contributed by atoms with Gasteiger partial charge in [-0.05, 0) is 48.1 Å². The fourth-order valence-electron chi connectivity index (χ4n) is 2.86. The van der Waals surface area contributed by atoms with Crippen molar-refractivity contribution < 1.29 is 9.18 Å². The van der Waals surface area contributed by atoms with Crippen LogP contribution in [0.1, 0.15) is 20.8 Å². The van der Waals surface area contributed by atoms with Gasteiger partial charge in [-0.15, -0.1) is 11.3 Å². The van der Waals surface area contributed by atoms with Crippen LogP contribution in [0.15, 0.2) is 48.8 Å². The number of thioether (sulfide) groups is 1. The molecule has 1 aliphatic rings. The minimum atomic E-state index is -0.359. The molecular weight excluding hydrogens is 343 g/mol. The summed E-state index contributed by atoms with van der Waals surface area (Å²) < 4.78 is 15.4. The molecule has 3 nitrogen and oxygen atoms in total. The standard InChI is InChI=1S/C18H15FN2OS2/c19-12-4-3-5-13(10-12)20-17(22)16-14-6-9-23-11-15(14)24-18(16)21-7-1-2-8-21/h1-5,7-8,10H,6,9,11H2,(H,20,22). The molecule has 4 rings (SSSR count). The van der Waals surface area contributed by atoms with E-state index in [1.54, 1.807) is 23.5 Å². The maximum atomic E-state index is 13.4. The van der Waals surface area contributed by atoms with E-state index in [1.807, 2.05) is 40.9 Å². The van der Waals surface area contributed by atoms with Crippen molar-refractivity contribution in [1.82, 2.24) is 4.57 Å². The summed E-state index contributed by atoms with van der Waals surface area (Å²) >= 11 is 3.56. The van der Waals surface area contributed by atoms with E-state index >= 15 is 0 Å². The molecule has 0 atom stereocenters. The third-order valence-electron chi connectivity index (χ3n) is 3.95. The molecule has 0 unspecified atom stereocenters. The molecule has 24 heavy (non-hydrogen) atoms. The highest BCUT2D eigenvalue weighted by Crippen LogP contribution is 2.38. The Bertz CT molecular complexity index is 887. The smallest absolute Gasteiger partial charge is 0.258 e. The van der Waals surface area contributed by atoms with E-state index in [0.29, 0.717) is 5.69 Å². The van der Waals surface area contributed by atoms with Gasteiger partial charge in [-0.2, -0.15) is 11.8 Å². The summed E-state index contributed by atoms with van der Waals surface area (Å²) in [6.07, 6.45) is 4.79. The Kier molecular flexibility index (Phi) is 4.16. The van der Waals surface area contributed by atoms with Crippen molar-refractivity contribution in [3.63, 3.8) is 0 Å². The Morgan fingerprint density at radius 1 is 1.21 bits per heavy atom. The Balaban J connectivity index is 1.75. The molecule has 2 aromatic heterocycles. The predicted molar refractivity (Wildman–Crippen MR) is 97.9 cm³/mol. The summed E-state index contributed by atoms with van der Waals surface area (Å²) in [5.74, 6) is 1.44. The summed E-state index contributed by atoms with van der Waals surface area (Å²) in [7, 11) is 0. The fraction of sp³-hybridized carbons (Fsp3) is 0.167. The Hall–Kier alpha value is -2.05. The first-order chi connectivity index (χ1) is 11.7. The molecule has 0 aliphatic carbocycles. The number of hydrogen-bond acceptors (Lipinski definition) is 3. The average molecular weight is 358 g/mol. The molecule has 0 radical (unpaired) electrons. The number of amides is 1. The highest BCUT2D eigenvalue weighted by atomic mass is 32.2. The van der Waals surface area contributed by atoms with Crippen molar-refractivity contribution >= 4 is 34.7 Å². The molecule has 0 bridgehead atoms. The highest BCUT2D eigenvalue weighted by Gasteiger charge is 2.26. The van der Waals surface area contributed by atoms with Gasteiger partial charge in [0.15, 0.2) is 0 Å². The van der Waals surface area contributed by atoms with Crippen molar-refractivity contribution in [3.8, 4) is 5.00 Å². The van der Waals surface area contributed by atoms with Gasteiger partial charge in [0.05, 0.1) is 5.56 Å². The van der Waals surface area contributed by atoms with Gasteiger partial charge in [-0.1, -0.05) is 6.07 Å². The summed E-state index contributed by atoms with van der Waals surface area (Å²) in [4.78, 5) is 14.2. The topological polar surface area (TPSA) is 34.0 Å².